The van der Waals surface area contributed by atoms with Gasteiger partial charge in [-0.1, -0.05) is 6.07 Å². The van der Waals surface area contributed by atoms with E-state index in [1.807, 2.05) is 6.92 Å². The van der Waals surface area contributed by atoms with Crippen molar-refractivity contribution in [3.05, 3.63) is 28.5 Å². The molecule has 1 atom stereocenters. The summed E-state index contributed by atoms with van der Waals surface area (Å²) >= 11 is 5.37. The Bertz CT molecular complexity index is 570. The van der Waals surface area contributed by atoms with Gasteiger partial charge in [0.1, 0.15) is 0 Å². The minimum Gasteiger partial charge on any atom is -0.380 e. The maximum absolute atomic E-state index is 5.47. The zero-order chi connectivity index (χ0) is 12.4. The van der Waals surface area contributed by atoms with Crippen molar-refractivity contribution in [3.63, 3.8) is 0 Å². The van der Waals surface area contributed by atoms with Crippen molar-refractivity contribution in [1.82, 2.24) is 9.55 Å². The molecule has 0 saturated heterocycles. The first kappa shape index (κ1) is 12.3. The van der Waals surface area contributed by atoms with Crippen molar-refractivity contribution < 1.29 is 4.74 Å². The van der Waals surface area contributed by atoms with Gasteiger partial charge in [0.15, 0.2) is 4.77 Å². The Morgan fingerprint density at radius 1 is 1.47 bits per heavy atom. The van der Waals surface area contributed by atoms with Gasteiger partial charge in [-0.3, -0.25) is 0 Å². The van der Waals surface area contributed by atoms with Crippen molar-refractivity contribution in [1.29, 1.82) is 0 Å². The Morgan fingerprint density at radius 3 is 2.94 bits per heavy atom. The fourth-order valence-corrected chi connectivity index (χ4v) is 2.43. The fraction of sp³-hybridized carbons (Fsp3) is 0.462. The molecule has 17 heavy (non-hydrogen) atoms. The minimum absolute atomic E-state index is 0.249. The first-order valence-corrected chi connectivity index (χ1v) is 6.33. The summed E-state index contributed by atoms with van der Waals surface area (Å²) in [4.78, 5) is 3.25. The third-order valence-electron chi connectivity index (χ3n) is 2.88. The van der Waals surface area contributed by atoms with Crippen molar-refractivity contribution in [3.8, 4) is 0 Å². The standard InChI is InChI=1S/C13H18N2OS/c1-4-16-8-10(3)15-12-6-5-9(2)7-11(12)14-13(15)17/h5-7,10H,4,8H2,1-3H3,(H,14,17). The van der Waals surface area contributed by atoms with E-state index < -0.39 is 0 Å². The summed E-state index contributed by atoms with van der Waals surface area (Å²) in [7, 11) is 0. The van der Waals surface area contributed by atoms with Crippen LogP contribution in [0.3, 0.4) is 0 Å². The highest BCUT2D eigenvalue weighted by molar-refractivity contribution is 7.71. The fourth-order valence-electron chi connectivity index (χ4n) is 2.05. The van der Waals surface area contributed by atoms with Gasteiger partial charge in [-0.05, 0) is 50.7 Å². The average molecular weight is 250 g/mol. The molecule has 2 rings (SSSR count). The topological polar surface area (TPSA) is 29.9 Å². The predicted octanol–water partition coefficient (Wildman–Crippen LogP) is 3.60. The van der Waals surface area contributed by atoms with Crippen LogP contribution in [0.25, 0.3) is 11.0 Å². The number of fused-ring (bicyclic) bond motifs is 1. The number of hydrogen-bond donors (Lipinski definition) is 1. The summed E-state index contributed by atoms with van der Waals surface area (Å²) in [5, 5.41) is 0. The molecule has 1 unspecified atom stereocenters. The van der Waals surface area contributed by atoms with E-state index in [1.54, 1.807) is 0 Å². The maximum Gasteiger partial charge on any atom is 0.178 e. The average Bonchev–Trinajstić information content (AvgIpc) is 2.61. The number of imidazole rings is 1. The SMILES string of the molecule is CCOCC(C)n1c(=S)[nH]c2cc(C)ccc21. The van der Waals surface area contributed by atoms with Crippen molar-refractivity contribution in [2.24, 2.45) is 0 Å². The summed E-state index contributed by atoms with van der Waals surface area (Å²) in [5.41, 5.74) is 3.48. The summed E-state index contributed by atoms with van der Waals surface area (Å²) < 4.78 is 8.35. The van der Waals surface area contributed by atoms with Gasteiger partial charge < -0.3 is 14.3 Å². The van der Waals surface area contributed by atoms with E-state index in [0.29, 0.717) is 6.61 Å². The molecule has 0 amide bonds. The molecule has 0 spiro atoms. The maximum atomic E-state index is 5.47. The molecule has 3 nitrogen and oxygen atoms in total. The molecule has 0 radical (unpaired) electrons. The molecule has 1 aromatic carbocycles. The monoisotopic (exact) mass is 250 g/mol. The first-order valence-electron chi connectivity index (χ1n) is 5.92. The lowest BCUT2D eigenvalue weighted by molar-refractivity contribution is 0.119. The Labute approximate surface area is 106 Å². The number of nitrogens with zero attached hydrogens (tertiary/aromatic N) is 1. The van der Waals surface area contributed by atoms with Gasteiger partial charge in [0, 0.05) is 6.61 Å². The van der Waals surface area contributed by atoms with Crippen molar-refractivity contribution in [2.45, 2.75) is 26.8 Å². The lowest BCUT2D eigenvalue weighted by atomic mass is 10.2. The minimum atomic E-state index is 0.249. The van der Waals surface area contributed by atoms with E-state index in [-0.39, 0.29) is 6.04 Å². The smallest absolute Gasteiger partial charge is 0.178 e. The van der Waals surface area contributed by atoms with Gasteiger partial charge >= 0.3 is 0 Å². The Balaban J connectivity index is 2.46. The molecule has 0 saturated carbocycles. The normalized spacial score (nSPS) is 13.1. The highest BCUT2D eigenvalue weighted by Crippen LogP contribution is 2.20. The van der Waals surface area contributed by atoms with Crippen LogP contribution in [0.2, 0.25) is 0 Å². The van der Waals surface area contributed by atoms with E-state index in [1.165, 1.54) is 5.56 Å². The molecular formula is C13H18N2OS. The summed E-state index contributed by atoms with van der Waals surface area (Å²) in [6.07, 6.45) is 0. The van der Waals surface area contributed by atoms with Crippen LogP contribution in [0, 0.1) is 11.7 Å². The summed E-state index contributed by atoms with van der Waals surface area (Å²) in [5.74, 6) is 0. The molecule has 0 bridgehead atoms. The van der Waals surface area contributed by atoms with Crippen LogP contribution >= 0.6 is 12.2 Å². The second-order valence-electron chi connectivity index (χ2n) is 4.33. The summed E-state index contributed by atoms with van der Waals surface area (Å²) in [6.45, 7) is 7.63. The zero-order valence-electron chi connectivity index (χ0n) is 10.5. The first-order chi connectivity index (χ1) is 8.13. The molecule has 0 aliphatic rings. The molecule has 2 aromatic rings. The van der Waals surface area contributed by atoms with E-state index in [4.69, 9.17) is 17.0 Å². The molecular weight excluding hydrogens is 232 g/mol. The number of H-pyrrole nitrogens is 1. The number of rotatable bonds is 4. The predicted molar refractivity (Wildman–Crippen MR) is 73.1 cm³/mol. The van der Waals surface area contributed by atoms with E-state index in [9.17, 15) is 0 Å². The lowest BCUT2D eigenvalue weighted by Gasteiger charge is -2.14. The third kappa shape index (κ3) is 2.42. The van der Waals surface area contributed by atoms with Crippen LogP contribution in [-0.2, 0) is 4.74 Å². The van der Waals surface area contributed by atoms with Crippen LogP contribution in [0.15, 0.2) is 18.2 Å². The van der Waals surface area contributed by atoms with Crippen LogP contribution < -0.4 is 0 Å². The summed E-state index contributed by atoms with van der Waals surface area (Å²) in [6, 6.07) is 6.59. The third-order valence-corrected chi connectivity index (χ3v) is 3.17. The number of aryl methyl sites for hydroxylation is 1. The molecule has 0 aliphatic heterocycles. The molecule has 0 fully saturated rings. The number of hydrogen-bond acceptors (Lipinski definition) is 2. The van der Waals surface area contributed by atoms with Gasteiger partial charge in [-0.15, -0.1) is 0 Å². The van der Waals surface area contributed by atoms with E-state index in [2.05, 4.69) is 41.6 Å². The number of nitrogens with one attached hydrogen (secondary N) is 1. The largest absolute Gasteiger partial charge is 0.380 e. The highest BCUT2D eigenvalue weighted by atomic mass is 32.1. The van der Waals surface area contributed by atoms with Crippen LogP contribution in [0.5, 0.6) is 0 Å². The van der Waals surface area contributed by atoms with Crippen molar-refractivity contribution in [2.75, 3.05) is 13.2 Å². The van der Waals surface area contributed by atoms with Gasteiger partial charge in [0.25, 0.3) is 0 Å². The second kappa shape index (κ2) is 5.02. The van der Waals surface area contributed by atoms with E-state index >= 15 is 0 Å². The Kier molecular flexibility index (Phi) is 3.64. The quantitative estimate of drug-likeness (QED) is 0.840. The molecule has 92 valence electrons. The zero-order valence-corrected chi connectivity index (χ0v) is 11.3. The van der Waals surface area contributed by atoms with Gasteiger partial charge in [-0.25, -0.2) is 0 Å². The number of aromatic nitrogens is 2. The molecule has 0 aliphatic carbocycles. The highest BCUT2D eigenvalue weighted by Gasteiger charge is 2.10. The molecule has 1 heterocycles. The van der Waals surface area contributed by atoms with E-state index in [0.717, 1.165) is 22.4 Å². The van der Waals surface area contributed by atoms with Crippen LogP contribution in [0.1, 0.15) is 25.5 Å². The molecule has 1 aromatic heterocycles. The van der Waals surface area contributed by atoms with Crippen LogP contribution in [0.4, 0.5) is 0 Å². The van der Waals surface area contributed by atoms with Crippen LogP contribution in [-0.4, -0.2) is 22.8 Å². The van der Waals surface area contributed by atoms with Gasteiger partial charge in [0.05, 0.1) is 23.7 Å². The molecule has 4 heteroatoms. The molecule has 1 N–H and O–H groups in total. The van der Waals surface area contributed by atoms with Crippen molar-refractivity contribution >= 4 is 23.3 Å². The second-order valence-corrected chi connectivity index (χ2v) is 4.72. The number of ether oxygens (including phenoxy) is 1. The van der Waals surface area contributed by atoms with Gasteiger partial charge in [-0.2, -0.15) is 0 Å². The number of aromatic amines is 1. The Hall–Kier alpha value is -1.13. The number of benzene rings is 1. The van der Waals surface area contributed by atoms with Gasteiger partial charge in [0.2, 0.25) is 0 Å². The lowest BCUT2D eigenvalue weighted by Crippen LogP contribution is -2.12. The Morgan fingerprint density at radius 2 is 2.24 bits per heavy atom.